The lowest BCUT2D eigenvalue weighted by Crippen LogP contribution is -2.60. The molecule has 0 radical (unpaired) electrons. The van der Waals surface area contributed by atoms with E-state index in [1.165, 1.54) is 6.92 Å². The van der Waals surface area contributed by atoms with Gasteiger partial charge < -0.3 is 58.3 Å². The number of primary amides is 1. The van der Waals surface area contributed by atoms with Gasteiger partial charge in [-0.25, -0.2) is 0 Å². The summed E-state index contributed by atoms with van der Waals surface area (Å²) in [4.78, 5) is 112. The second kappa shape index (κ2) is 20.6. The molecule has 0 spiro atoms. The molecule has 1 aliphatic heterocycles. The smallest absolute Gasteiger partial charge is 0.325 e. The van der Waals surface area contributed by atoms with Crippen molar-refractivity contribution in [3.05, 3.63) is 0 Å². The van der Waals surface area contributed by atoms with Crippen LogP contribution in [0.5, 0.6) is 0 Å². The lowest BCUT2D eigenvalue weighted by Gasteiger charge is -2.28. The molecule has 1 aliphatic rings. The summed E-state index contributed by atoms with van der Waals surface area (Å²) >= 11 is 0. The summed E-state index contributed by atoms with van der Waals surface area (Å²) in [6, 6.07) is -7.81. The predicted octanol–water partition coefficient (Wildman–Crippen LogP) is -4.20. The van der Waals surface area contributed by atoms with Crippen LogP contribution in [0.2, 0.25) is 0 Å². The Hall–Kier alpha value is -4.85. The third-order valence-corrected chi connectivity index (χ3v) is 7.51. The molecule has 0 aromatic rings. The summed E-state index contributed by atoms with van der Waals surface area (Å²) in [5.74, 6) is -9.61. The lowest BCUT2D eigenvalue weighted by atomic mass is 9.99. The van der Waals surface area contributed by atoms with E-state index in [0.29, 0.717) is 0 Å². The van der Waals surface area contributed by atoms with Crippen LogP contribution in [0.3, 0.4) is 0 Å². The summed E-state index contributed by atoms with van der Waals surface area (Å²) in [5, 5.41) is 45.0. The van der Waals surface area contributed by atoms with Crippen molar-refractivity contribution >= 4 is 53.3 Å². The zero-order valence-corrected chi connectivity index (χ0v) is 28.7. The van der Waals surface area contributed by atoms with E-state index in [-0.39, 0.29) is 31.7 Å². The number of carboxylic acid groups (broad SMARTS) is 2. The number of hydrogen-bond donors (Lipinski definition) is 11. The molecule has 0 unspecified atom stereocenters. The minimum Gasteiger partial charge on any atom is -0.481 e. The molecule has 1 saturated heterocycles. The van der Waals surface area contributed by atoms with Crippen LogP contribution in [0.25, 0.3) is 0 Å². The summed E-state index contributed by atoms with van der Waals surface area (Å²) in [5.41, 5.74) is 5.20. The number of carbonyl (C=O) groups is 9. The van der Waals surface area contributed by atoms with Crippen molar-refractivity contribution in [2.75, 3.05) is 13.1 Å². The molecule has 0 aromatic heterocycles. The van der Waals surface area contributed by atoms with Gasteiger partial charge in [-0.2, -0.15) is 0 Å². The summed E-state index contributed by atoms with van der Waals surface area (Å²) in [6.07, 6.45) is -2.19. The number of nitrogens with two attached hydrogens (primary N) is 1. The molecule has 50 heavy (non-hydrogen) atoms. The number of aliphatic hydroxyl groups excluding tert-OH is 1. The van der Waals surface area contributed by atoms with Crippen LogP contribution in [0.4, 0.5) is 0 Å². The van der Waals surface area contributed by atoms with E-state index < -0.39 is 121 Å². The van der Waals surface area contributed by atoms with E-state index in [2.05, 4.69) is 37.2 Å². The number of carbonyl (C=O) groups excluding carboxylic acids is 7. The average Bonchev–Trinajstić information content (AvgIpc) is 3.45. The highest BCUT2D eigenvalue weighted by Crippen LogP contribution is 2.10. The van der Waals surface area contributed by atoms with E-state index in [1.54, 1.807) is 27.7 Å². The van der Waals surface area contributed by atoms with Gasteiger partial charge in [0, 0.05) is 13.0 Å². The van der Waals surface area contributed by atoms with Gasteiger partial charge in [-0.05, 0) is 38.0 Å². The summed E-state index contributed by atoms with van der Waals surface area (Å²) in [6.45, 7) is 7.48. The van der Waals surface area contributed by atoms with Crippen molar-refractivity contribution < 1.29 is 58.5 Å². The number of β-amino-alcohol motifs (C(OH)–C–C–N with tert-alkyl or cyclic N) is 1. The van der Waals surface area contributed by atoms with Gasteiger partial charge >= 0.3 is 11.9 Å². The fourth-order valence-corrected chi connectivity index (χ4v) is 4.79. The van der Waals surface area contributed by atoms with Gasteiger partial charge in [-0.3, -0.25) is 43.2 Å². The van der Waals surface area contributed by atoms with Gasteiger partial charge in [0.2, 0.25) is 41.4 Å². The summed E-state index contributed by atoms with van der Waals surface area (Å²) in [7, 11) is 0. The zero-order chi connectivity index (χ0) is 38.3. The van der Waals surface area contributed by atoms with Gasteiger partial charge in [0.1, 0.15) is 30.2 Å². The Morgan fingerprint density at radius 1 is 0.780 bits per heavy atom. The van der Waals surface area contributed by atoms with Crippen LogP contribution in [-0.2, 0) is 43.2 Å². The topological polar surface area (TPSA) is 325 Å². The number of carboxylic acids is 2. The molecule has 0 aliphatic carbocycles. The normalized spacial score (nSPS) is 18.5. The van der Waals surface area contributed by atoms with Gasteiger partial charge in [0.15, 0.2) is 0 Å². The molecule has 12 N–H and O–H groups in total. The van der Waals surface area contributed by atoms with Crippen LogP contribution in [0.15, 0.2) is 0 Å². The van der Waals surface area contributed by atoms with Crippen molar-refractivity contribution in [2.45, 2.75) is 109 Å². The van der Waals surface area contributed by atoms with E-state index >= 15 is 0 Å². The number of amides is 7. The van der Waals surface area contributed by atoms with E-state index in [4.69, 9.17) is 10.8 Å². The van der Waals surface area contributed by atoms with Crippen LogP contribution in [0, 0.1) is 11.8 Å². The second-order valence-electron chi connectivity index (χ2n) is 12.8. The number of rotatable bonds is 21. The van der Waals surface area contributed by atoms with E-state index in [0.717, 1.165) is 0 Å². The molecule has 1 rings (SSSR count). The minimum atomic E-state index is -1.78. The number of aliphatic hydroxyl groups is 1. The van der Waals surface area contributed by atoms with Crippen molar-refractivity contribution in [1.29, 1.82) is 0 Å². The standard InChI is InChI=1S/C30H50N8O12/c1-13(2)8-19(27(46)34-15(5)30(49)50)37-29(48)24(14(3)4)38-28(47)20(10-23(42)43)36-26(45)17(6-7-21(31)40)35-22(41)12-33-25(44)18-9-16(39)11-32-18/h13-20,24,32,39H,6-12H2,1-5H3,(H2,31,40)(H,33,44)(H,34,46)(H,35,41)(H,36,45)(H,37,48)(H,38,47)(H,42,43)(H,49,50)/t15-,16+,17-,18-,19-,20-,24-/m0/s1. The molecule has 20 nitrogen and oxygen atoms in total. The highest BCUT2D eigenvalue weighted by Gasteiger charge is 2.35. The van der Waals surface area contributed by atoms with Crippen LogP contribution in [0.1, 0.15) is 66.7 Å². The molecule has 0 aromatic carbocycles. The Labute approximate surface area is 288 Å². The van der Waals surface area contributed by atoms with E-state index in [1.807, 2.05) is 0 Å². The maximum Gasteiger partial charge on any atom is 0.325 e. The highest BCUT2D eigenvalue weighted by atomic mass is 16.4. The number of nitrogens with one attached hydrogen (secondary N) is 7. The average molecular weight is 715 g/mol. The molecule has 0 saturated carbocycles. The summed E-state index contributed by atoms with van der Waals surface area (Å²) < 4.78 is 0. The Kier molecular flexibility index (Phi) is 17.8. The quantitative estimate of drug-likeness (QED) is 0.0538. The minimum absolute atomic E-state index is 0.114. The third kappa shape index (κ3) is 15.6. The number of aliphatic carboxylic acids is 2. The molecular formula is C30H50N8O12. The van der Waals surface area contributed by atoms with Gasteiger partial charge in [0.25, 0.3) is 0 Å². The largest absolute Gasteiger partial charge is 0.481 e. The zero-order valence-electron chi connectivity index (χ0n) is 28.7. The first-order valence-corrected chi connectivity index (χ1v) is 16.1. The first-order chi connectivity index (χ1) is 23.2. The molecule has 1 heterocycles. The molecule has 282 valence electrons. The van der Waals surface area contributed by atoms with Gasteiger partial charge in [-0.15, -0.1) is 0 Å². The Balaban J connectivity index is 3.09. The van der Waals surface area contributed by atoms with Crippen LogP contribution in [-0.4, -0.2) is 124 Å². The monoisotopic (exact) mass is 714 g/mol. The Morgan fingerprint density at radius 2 is 1.36 bits per heavy atom. The SMILES string of the molecule is CC(C)C[C@H](NC(=O)[C@@H](NC(=O)[C@H](CC(=O)O)NC(=O)[C@H](CCC(N)=O)NC(=O)CNC(=O)[C@@H]1C[C@@H](O)CN1)C(C)C)C(=O)N[C@@H](C)C(=O)O. The van der Waals surface area contributed by atoms with Crippen molar-refractivity contribution in [1.82, 2.24) is 37.2 Å². The predicted molar refractivity (Wildman–Crippen MR) is 173 cm³/mol. The highest BCUT2D eigenvalue weighted by molar-refractivity contribution is 5.97. The first-order valence-electron chi connectivity index (χ1n) is 16.1. The maximum atomic E-state index is 13.3. The van der Waals surface area contributed by atoms with Gasteiger partial charge in [-0.1, -0.05) is 27.7 Å². The molecular weight excluding hydrogens is 664 g/mol. The Morgan fingerprint density at radius 3 is 1.86 bits per heavy atom. The van der Waals surface area contributed by atoms with Crippen LogP contribution < -0.4 is 43.0 Å². The van der Waals surface area contributed by atoms with Crippen molar-refractivity contribution in [2.24, 2.45) is 17.6 Å². The molecule has 7 amide bonds. The van der Waals surface area contributed by atoms with Crippen molar-refractivity contribution in [3.8, 4) is 0 Å². The molecule has 7 atom stereocenters. The first kappa shape index (κ1) is 43.2. The van der Waals surface area contributed by atoms with Gasteiger partial charge in [0.05, 0.1) is 25.1 Å². The molecule has 0 bridgehead atoms. The fraction of sp³-hybridized carbons (Fsp3) is 0.700. The van der Waals surface area contributed by atoms with Crippen molar-refractivity contribution in [3.63, 3.8) is 0 Å². The third-order valence-electron chi connectivity index (χ3n) is 7.51. The Bertz CT molecular complexity index is 1280. The molecule has 20 heteroatoms. The number of hydrogen-bond acceptors (Lipinski definition) is 11. The maximum absolute atomic E-state index is 13.3. The molecule has 1 fully saturated rings. The lowest BCUT2D eigenvalue weighted by molar-refractivity contribution is -0.142. The van der Waals surface area contributed by atoms with Crippen LogP contribution >= 0.6 is 0 Å². The fourth-order valence-electron chi connectivity index (χ4n) is 4.79. The second-order valence-corrected chi connectivity index (χ2v) is 12.8. The van der Waals surface area contributed by atoms with E-state index in [9.17, 15) is 53.4 Å².